The molecule has 29 heavy (non-hydrogen) atoms. The SMILES string of the molecule is O=S1(=O)NCCCNc2nc(ncc2-c2ccc(F)c(O)c2)Nc2cccc1c2. The number of hydrogen-bond acceptors (Lipinski definition) is 7. The second-order valence-electron chi connectivity index (χ2n) is 6.45. The van der Waals surface area contributed by atoms with Gasteiger partial charge in [-0.15, -0.1) is 0 Å². The van der Waals surface area contributed by atoms with Crippen molar-refractivity contribution in [3.8, 4) is 16.9 Å². The summed E-state index contributed by atoms with van der Waals surface area (Å²) in [6, 6.07) is 10.4. The van der Waals surface area contributed by atoms with E-state index in [2.05, 4.69) is 25.3 Å². The Labute approximate surface area is 166 Å². The molecule has 3 aromatic rings. The maximum absolute atomic E-state index is 13.4. The van der Waals surface area contributed by atoms with E-state index in [1.165, 1.54) is 30.3 Å². The Bertz CT molecular complexity index is 1170. The Morgan fingerprint density at radius 1 is 1.10 bits per heavy atom. The fourth-order valence-electron chi connectivity index (χ4n) is 2.92. The summed E-state index contributed by atoms with van der Waals surface area (Å²) in [6.45, 7) is 0.689. The molecule has 1 aromatic heterocycles. The van der Waals surface area contributed by atoms with Crippen LogP contribution < -0.4 is 15.4 Å². The highest BCUT2D eigenvalue weighted by atomic mass is 32.2. The lowest BCUT2D eigenvalue weighted by Gasteiger charge is -2.13. The molecule has 1 aliphatic heterocycles. The number of hydrogen-bond donors (Lipinski definition) is 4. The van der Waals surface area contributed by atoms with Crippen molar-refractivity contribution in [3.05, 3.63) is 54.5 Å². The number of anilines is 3. The molecule has 0 unspecified atom stereocenters. The quantitative estimate of drug-likeness (QED) is 0.483. The summed E-state index contributed by atoms with van der Waals surface area (Å²) in [5.41, 5.74) is 1.64. The van der Waals surface area contributed by atoms with Crippen molar-refractivity contribution in [3.63, 3.8) is 0 Å². The summed E-state index contributed by atoms with van der Waals surface area (Å²) in [7, 11) is -3.62. The van der Waals surface area contributed by atoms with Gasteiger partial charge < -0.3 is 15.7 Å². The monoisotopic (exact) mass is 415 g/mol. The average molecular weight is 415 g/mol. The molecule has 8 nitrogen and oxygen atoms in total. The minimum absolute atomic E-state index is 0.147. The van der Waals surface area contributed by atoms with E-state index in [4.69, 9.17) is 0 Å². The zero-order chi connectivity index (χ0) is 20.4. The number of nitrogens with zero attached hydrogens (tertiary/aromatic N) is 2. The molecule has 0 saturated heterocycles. The molecular weight excluding hydrogens is 397 g/mol. The molecule has 0 aliphatic carbocycles. The van der Waals surface area contributed by atoms with Gasteiger partial charge in [0.15, 0.2) is 11.6 Å². The lowest BCUT2D eigenvalue weighted by molar-refractivity contribution is 0.433. The lowest BCUT2D eigenvalue weighted by atomic mass is 10.1. The number of rotatable bonds is 1. The van der Waals surface area contributed by atoms with Crippen molar-refractivity contribution in [2.24, 2.45) is 0 Å². The van der Waals surface area contributed by atoms with Gasteiger partial charge in [-0.25, -0.2) is 22.5 Å². The van der Waals surface area contributed by atoms with E-state index in [1.54, 1.807) is 18.3 Å². The maximum atomic E-state index is 13.4. The van der Waals surface area contributed by atoms with Crippen LogP contribution in [0.3, 0.4) is 0 Å². The highest BCUT2D eigenvalue weighted by Crippen LogP contribution is 2.31. The summed E-state index contributed by atoms with van der Waals surface area (Å²) in [5.74, 6) is -0.433. The van der Waals surface area contributed by atoms with Crippen LogP contribution in [0.1, 0.15) is 6.42 Å². The van der Waals surface area contributed by atoms with Gasteiger partial charge in [0.25, 0.3) is 0 Å². The predicted octanol–water partition coefficient (Wildman–Crippen LogP) is 2.83. The van der Waals surface area contributed by atoms with Crippen molar-refractivity contribution in [1.82, 2.24) is 14.7 Å². The normalized spacial score (nSPS) is 15.8. The molecule has 0 radical (unpaired) electrons. The van der Waals surface area contributed by atoms with Crippen LogP contribution in [-0.4, -0.2) is 36.6 Å². The molecule has 10 heteroatoms. The number of aromatic hydroxyl groups is 1. The van der Waals surface area contributed by atoms with Crippen LogP contribution in [-0.2, 0) is 10.0 Å². The number of fused-ring (bicyclic) bond motifs is 4. The zero-order valence-electron chi connectivity index (χ0n) is 15.2. The average Bonchev–Trinajstić information content (AvgIpc) is 2.70. The van der Waals surface area contributed by atoms with Gasteiger partial charge in [-0.2, -0.15) is 4.98 Å². The van der Waals surface area contributed by atoms with E-state index in [0.29, 0.717) is 35.6 Å². The van der Waals surface area contributed by atoms with Gasteiger partial charge >= 0.3 is 0 Å². The molecule has 0 amide bonds. The molecule has 2 heterocycles. The lowest BCUT2D eigenvalue weighted by Crippen LogP contribution is -2.26. The third-order valence-corrected chi connectivity index (χ3v) is 5.84. The minimum atomic E-state index is -3.62. The van der Waals surface area contributed by atoms with E-state index in [1.807, 2.05) is 0 Å². The molecule has 4 bridgehead atoms. The van der Waals surface area contributed by atoms with Crippen molar-refractivity contribution in [2.75, 3.05) is 23.7 Å². The highest BCUT2D eigenvalue weighted by Gasteiger charge is 2.16. The van der Waals surface area contributed by atoms with E-state index < -0.39 is 21.6 Å². The number of aromatic nitrogens is 2. The first-order valence-corrected chi connectivity index (χ1v) is 10.4. The first-order valence-electron chi connectivity index (χ1n) is 8.89. The van der Waals surface area contributed by atoms with Crippen molar-refractivity contribution < 1.29 is 17.9 Å². The first kappa shape index (κ1) is 19.1. The van der Waals surface area contributed by atoms with Gasteiger partial charge in [-0.3, -0.25) is 0 Å². The van der Waals surface area contributed by atoms with Crippen LogP contribution in [0.25, 0.3) is 11.1 Å². The fraction of sp³-hybridized carbons (Fsp3) is 0.158. The zero-order valence-corrected chi connectivity index (χ0v) is 16.0. The topological polar surface area (TPSA) is 116 Å². The number of phenolic OH excluding ortho intramolecular Hbond substituents is 1. The molecule has 0 saturated carbocycles. The summed E-state index contributed by atoms with van der Waals surface area (Å²) in [4.78, 5) is 8.90. The number of sulfonamides is 1. The van der Waals surface area contributed by atoms with Crippen molar-refractivity contribution >= 4 is 27.5 Å². The smallest absolute Gasteiger partial charge is 0.240 e. The Morgan fingerprint density at radius 2 is 1.97 bits per heavy atom. The second kappa shape index (κ2) is 7.64. The molecule has 0 fully saturated rings. The molecule has 4 rings (SSSR count). The van der Waals surface area contributed by atoms with Gasteiger partial charge in [-0.1, -0.05) is 12.1 Å². The Kier molecular flexibility index (Phi) is 5.03. The number of nitrogens with one attached hydrogen (secondary N) is 3. The van der Waals surface area contributed by atoms with Gasteiger partial charge in [0.1, 0.15) is 5.82 Å². The maximum Gasteiger partial charge on any atom is 0.240 e. The van der Waals surface area contributed by atoms with E-state index in [9.17, 15) is 17.9 Å². The largest absolute Gasteiger partial charge is 0.505 e. The Hall–Kier alpha value is -3.24. The van der Waals surface area contributed by atoms with Gasteiger partial charge in [0.2, 0.25) is 16.0 Å². The van der Waals surface area contributed by atoms with E-state index in [-0.39, 0.29) is 17.4 Å². The molecule has 0 spiro atoms. The molecule has 2 aromatic carbocycles. The van der Waals surface area contributed by atoms with Crippen molar-refractivity contribution in [2.45, 2.75) is 11.3 Å². The molecule has 0 atom stereocenters. The van der Waals surface area contributed by atoms with Crippen LogP contribution in [0.15, 0.2) is 53.6 Å². The Balaban J connectivity index is 1.75. The Morgan fingerprint density at radius 3 is 2.79 bits per heavy atom. The fourth-order valence-corrected chi connectivity index (χ4v) is 4.04. The van der Waals surface area contributed by atoms with Crippen LogP contribution in [0.5, 0.6) is 5.75 Å². The first-order chi connectivity index (χ1) is 13.9. The van der Waals surface area contributed by atoms with Gasteiger partial charge in [0, 0.05) is 30.5 Å². The van der Waals surface area contributed by atoms with Gasteiger partial charge in [-0.05, 0) is 42.3 Å². The minimum Gasteiger partial charge on any atom is -0.505 e. The third-order valence-electron chi connectivity index (χ3n) is 4.38. The summed E-state index contributed by atoms with van der Waals surface area (Å²) in [6.07, 6.45) is 2.07. The summed E-state index contributed by atoms with van der Waals surface area (Å²) in [5, 5.41) is 15.8. The van der Waals surface area contributed by atoms with Crippen LogP contribution in [0.4, 0.5) is 21.8 Å². The number of halogens is 1. The van der Waals surface area contributed by atoms with Gasteiger partial charge in [0.05, 0.1) is 4.90 Å². The van der Waals surface area contributed by atoms with E-state index in [0.717, 1.165) is 0 Å². The highest BCUT2D eigenvalue weighted by molar-refractivity contribution is 7.89. The molecule has 150 valence electrons. The number of phenols is 1. The standard InChI is InChI=1S/C19H18FN5O3S/c20-16-6-5-12(9-17(16)26)15-11-22-19-24-13-3-1-4-14(10-13)29(27,28)23-8-2-7-21-18(15)25-19/h1,3-6,9-11,23,26H,2,7-8H2,(H2,21,22,24,25). The predicted molar refractivity (Wildman–Crippen MR) is 107 cm³/mol. The second-order valence-corrected chi connectivity index (χ2v) is 8.22. The third kappa shape index (κ3) is 4.13. The summed E-state index contributed by atoms with van der Waals surface area (Å²) < 4.78 is 40.8. The van der Waals surface area contributed by atoms with Crippen LogP contribution >= 0.6 is 0 Å². The van der Waals surface area contributed by atoms with Crippen LogP contribution in [0.2, 0.25) is 0 Å². The van der Waals surface area contributed by atoms with Crippen molar-refractivity contribution in [1.29, 1.82) is 0 Å². The summed E-state index contributed by atoms with van der Waals surface area (Å²) >= 11 is 0. The molecular formula is C19H18FN5O3S. The van der Waals surface area contributed by atoms with E-state index >= 15 is 0 Å². The molecule has 1 aliphatic rings. The number of benzene rings is 2. The van der Waals surface area contributed by atoms with Crippen LogP contribution in [0, 0.1) is 5.82 Å². The molecule has 4 N–H and O–H groups in total.